The minimum Gasteiger partial charge on any atom is -0.447 e. The maximum absolute atomic E-state index is 13.0. The van der Waals surface area contributed by atoms with Crippen LogP contribution in [0.15, 0.2) is 36.7 Å². The molecule has 1 aromatic heterocycles. The largest absolute Gasteiger partial charge is 0.447 e. The third-order valence-corrected chi connectivity index (χ3v) is 5.36. The second-order valence-corrected chi connectivity index (χ2v) is 6.92. The van der Waals surface area contributed by atoms with E-state index in [0.717, 1.165) is 12.0 Å². The van der Waals surface area contributed by atoms with Gasteiger partial charge in [-0.05, 0) is 18.6 Å². The Bertz CT molecular complexity index is 885. The van der Waals surface area contributed by atoms with Crippen molar-refractivity contribution in [3.8, 4) is 11.3 Å². The van der Waals surface area contributed by atoms with E-state index in [4.69, 9.17) is 10.5 Å². The Labute approximate surface area is 156 Å². The van der Waals surface area contributed by atoms with E-state index >= 15 is 0 Å². The van der Waals surface area contributed by atoms with Crippen molar-refractivity contribution in [2.75, 3.05) is 32.0 Å². The van der Waals surface area contributed by atoms with Crippen LogP contribution in [0.3, 0.4) is 0 Å². The zero-order chi connectivity index (χ0) is 19.0. The Morgan fingerprint density at radius 3 is 2.74 bits per heavy atom. The number of piperazine rings is 1. The molecule has 2 N–H and O–H groups in total. The van der Waals surface area contributed by atoms with Gasteiger partial charge in [-0.3, -0.25) is 14.7 Å². The molecular formula is C19H21N5O3. The van der Waals surface area contributed by atoms with E-state index < -0.39 is 5.54 Å². The molecule has 2 fully saturated rings. The number of rotatable bonds is 3. The summed E-state index contributed by atoms with van der Waals surface area (Å²) in [6.07, 6.45) is 3.59. The van der Waals surface area contributed by atoms with Gasteiger partial charge in [-0.25, -0.2) is 9.78 Å². The first kappa shape index (κ1) is 17.3. The second-order valence-electron chi connectivity index (χ2n) is 6.92. The highest BCUT2D eigenvalue weighted by Gasteiger charge is 2.50. The summed E-state index contributed by atoms with van der Waals surface area (Å²) in [5.41, 5.74) is 7.36. The third-order valence-electron chi connectivity index (χ3n) is 5.36. The normalized spacial score (nSPS) is 21.7. The predicted molar refractivity (Wildman–Crippen MR) is 98.9 cm³/mol. The lowest BCUT2D eigenvalue weighted by molar-refractivity contribution is 0.0362. The zero-order valence-electron chi connectivity index (χ0n) is 15.1. The highest BCUT2D eigenvalue weighted by atomic mass is 16.6. The van der Waals surface area contributed by atoms with Gasteiger partial charge in [0.05, 0.1) is 23.6 Å². The summed E-state index contributed by atoms with van der Waals surface area (Å²) in [7, 11) is 0. The van der Waals surface area contributed by atoms with Gasteiger partial charge in [-0.2, -0.15) is 0 Å². The number of cyclic esters (lactones) is 1. The lowest BCUT2D eigenvalue weighted by atomic mass is 9.92. The second kappa shape index (κ2) is 6.53. The molecule has 1 unspecified atom stereocenters. The number of nitrogen functional groups attached to an aromatic ring is 1. The van der Waals surface area contributed by atoms with Crippen LogP contribution >= 0.6 is 0 Å². The van der Waals surface area contributed by atoms with Gasteiger partial charge in [0.25, 0.3) is 5.91 Å². The first-order valence-corrected chi connectivity index (χ1v) is 8.94. The van der Waals surface area contributed by atoms with Crippen LogP contribution < -0.4 is 5.73 Å². The number of hydrogen-bond donors (Lipinski definition) is 1. The summed E-state index contributed by atoms with van der Waals surface area (Å²) in [6.45, 7) is 3.83. The molecule has 27 heavy (non-hydrogen) atoms. The van der Waals surface area contributed by atoms with Crippen molar-refractivity contribution in [2.45, 2.75) is 18.9 Å². The Morgan fingerprint density at radius 2 is 2.04 bits per heavy atom. The molecule has 1 atom stereocenters. The standard InChI is InChI=1S/C19H21N5O3/c1-2-19-11-23(7-8-24(19)18(26)27-12-19)17(25)14-5-3-13(4-6-14)15-9-21-10-16(20)22-15/h3-6,9-10H,2,7-8,11-12H2,1H3,(H2,20,22). The van der Waals surface area contributed by atoms with Crippen molar-refractivity contribution in [2.24, 2.45) is 0 Å². The Balaban J connectivity index is 1.52. The van der Waals surface area contributed by atoms with Crippen LogP contribution in [0.4, 0.5) is 10.6 Å². The fraction of sp³-hybridized carbons (Fsp3) is 0.368. The molecule has 0 spiro atoms. The summed E-state index contributed by atoms with van der Waals surface area (Å²) in [5.74, 6) is 0.302. The van der Waals surface area contributed by atoms with Crippen molar-refractivity contribution in [3.63, 3.8) is 0 Å². The van der Waals surface area contributed by atoms with Crippen LogP contribution in [0.5, 0.6) is 0 Å². The number of amides is 2. The van der Waals surface area contributed by atoms with Crippen molar-refractivity contribution in [3.05, 3.63) is 42.2 Å². The van der Waals surface area contributed by atoms with Crippen molar-refractivity contribution in [1.82, 2.24) is 19.8 Å². The molecule has 3 heterocycles. The van der Waals surface area contributed by atoms with Crippen LogP contribution in [0.1, 0.15) is 23.7 Å². The molecule has 2 aromatic rings. The Morgan fingerprint density at radius 1 is 1.26 bits per heavy atom. The van der Waals surface area contributed by atoms with Gasteiger partial charge in [-0.15, -0.1) is 0 Å². The van der Waals surface area contributed by atoms with Gasteiger partial charge < -0.3 is 15.4 Å². The number of carbonyl (C=O) groups excluding carboxylic acids is 2. The van der Waals surface area contributed by atoms with E-state index in [9.17, 15) is 9.59 Å². The topological polar surface area (TPSA) is 102 Å². The lowest BCUT2D eigenvalue weighted by Crippen LogP contribution is -2.62. The first-order valence-electron chi connectivity index (χ1n) is 8.94. The van der Waals surface area contributed by atoms with E-state index in [2.05, 4.69) is 9.97 Å². The average molecular weight is 367 g/mol. The highest BCUT2D eigenvalue weighted by Crippen LogP contribution is 2.32. The number of hydrogen-bond acceptors (Lipinski definition) is 6. The summed E-state index contributed by atoms with van der Waals surface area (Å²) in [4.78, 5) is 36.7. The number of benzene rings is 1. The maximum Gasteiger partial charge on any atom is 0.410 e. The van der Waals surface area contributed by atoms with E-state index in [1.807, 2.05) is 19.1 Å². The molecule has 2 saturated heterocycles. The van der Waals surface area contributed by atoms with E-state index in [0.29, 0.717) is 43.3 Å². The number of anilines is 1. The van der Waals surface area contributed by atoms with Crippen molar-refractivity contribution < 1.29 is 14.3 Å². The third kappa shape index (κ3) is 2.97. The summed E-state index contributed by atoms with van der Waals surface area (Å²) in [5, 5.41) is 0. The average Bonchev–Trinajstić information content (AvgIpc) is 3.04. The van der Waals surface area contributed by atoms with Crippen LogP contribution in [0.25, 0.3) is 11.3 Å². The first-order chi connectivity index (χ1) is 13.0. The van der Waals surface area contributed by atoms with Gasteiger partial charge >= 0.3 is 6.09 Å². The fourth-order valence-corrected chi connectivity index (χ4v) is 3.72. The molecule has 8 nitrogen and oxygen atoms in total. The molecule has 2 amide bonds. The molecule has 0 saturated carbocycles. The molecule has 1 aromatic carbocycles. The Hall–Kier alpha value is -3.16. The highest BCUT2D eigenvalue weighted by molar-refractivity contribution is 5.95. The summed E-state index contributed by atoms with van der Waals surface area (Å²) < 4.78 is 5.23. The maximum atomic E-state index is 13.0. The monoisotopic (exact) mass is 367 g/mol. The van der Waals surface area contributed by atoms with Gasteiger partial charge in [0.1, 0.15) is 12.4 Å². The van der Waals surface area contributed by atoms with Crippen molar-refractivity contribution >= 4 is 17.8 Å². The SMILES string of the molecule is CCC12COC(=O)N1CCN(C(=O)c1ccc(-c3cncc(N)n3)cc1)C2. The van der Waals surface area contributed by atoms with Crippen LogP contribution in [-0.2, 0) is 4.74 Å². The van der Waals surface area contributed by atoms with Crippen LogP contribution in [-0.4, -0.2) is 63.5 Å². The number of carbonyl (C=O) groups is 2. The molecule has 0 radical (unpaired) electrons. The van der Waals surface area contributed by atoms with E-state index in [1.54, 1.807) is 28.1 Å². The molecule has 0 bridgehead atoms. The molecule has 8 heteroatoms. The van der Waals surface area contributed by atoms with Crippen LogP contribution in [0.2, 0.25) is 0 Å². The smallest absolute Gasteiger partial charge is 0.410 e. The van der Waals surface area contributed by atoms with Crippen LogP contribution in [0, 0.1) is 0 Å². The van der Waals surface area contributed by atoms with Gasteiger partial charge in [0, 0.05) is 30.8 Å². The summed E-state index contributed by atoms with van der Waals surface area (Å²) >= 11 is 0. The number of nitrogens with zero attached hydrogens (tertiary/aromatic N) is 4. The minimum absolute atomic E-state index is 0.0490. The summed E-state index contributed by atoms with van der Waals surface area (Å²) in [6, 6.07) is 7.24. The zero-order valence-corrected chi connectivity index (χ0v) is 15.1. The predicted octanol–water partition coefficient (Wildman–Crippen LogP) is 1.78. The molecular weight excluding hydrogens is 346 g/mol. The Kier molecular flexibility index (Phi) is 4.18. The molecule has 0 aliphatic carbocycles. The molecule has 2 aliphatic heterocycles. The fourth-order valence-electron chi connectivity index (χ4n) is 3.72. The van der Waals surface area contributed by atoms with Gasteiger partial charge in [0.2, 0.25) is 0 Å². The number of fused-ring (bicyclic) bond motifs is 1. The van der Waals surface area contributed by atoms with E-state index in [1.165, 1.54) is 6.20 Å². The molecule has 4 rings (SSSR count). The quantitative estimate of drug-likeness (QED) is 0.887. The molecule has 2 aliphatic rings. The van der Waals surface area contributed by atoms with Gasteiger partial charge in [0.15, 0.2) is 0 Å². The molecule has 140 valence electrons. The van der Waals surface area contributed by atoms with Crippen molar-refractivity contribution in [1.29, 1.82) is 0 Å². The lowest BCUT2D eigenvalue weighted by Gasteiger charge is -2.44. The van der Waals surface area contributed by atoms with E-state index in [-0.39, 0.29) is 12.0 Å². The minimum atomic E-state index is -0.415. The van der Waals surface area contributed by atoms with Gasteiger partial charge in [-0.1, -0.05) is 19.1 Å². The number of aromatic nitrogens is 2. The number of ether oxygens (including phenoxy) is 1. The number of nitrogens with two attached hydrogens (primary N) is 1.